The van der Waals surface area contributed by atoms with E-state index in [4.69, 9.17) is 0 Å². The predicted octanol–water partition coefficient (Wildman–Crippen LogP) is 0.892. The van der Waals surface area contributed by atoms with Gasteiger partial charge in [0.15, 0.2) is 0 Å². The van der Waals surface area contributed by atoms with Gasteiger partial charge in [-0.1, -0.05) is 0 Å². The van der Waals surface area contributed by atoms with E-state index in [0.29, 0.717) is 16.8 Å². The van der Waals surface area contributed by atoms with E-state index in [0.717, 1.165) is 25.2 Å². The summed E-state index contributed by atoms with van der Waals surface area (Å²) in [6, 6.07) is 1.82. The maximum absolute atomic E-state index is 12.0. The molecule has 1 saturated heterocycles. The fourth-order valence-corrected chi connectivity index (χ4v) is 3.18. The summed E-state index contributed by atoms with van der Waals surface area (Å²) in [5, 5.41) is 3.81. The highest BCUT2D eigenvalue weighted by Crippen LogP contribution is 2.13. The van der Waals surface area contributed by atoms with E-state index in [1.54, 1.807) is 6.20 Å². The summed E-state index contributed by atoms with van der Waals surface area (Å²) in [4.78, 5) is 8.28. The first-order valence-electron chi connectivity index (χ1n) is 5.64. The molecule has 0 amide bonds. The van der Waals surface area contributed by atoms with E-state index < -0.39 is 10.8 Å². The summed E-state index contributed by atoms with van der Waals surface area (Å²) >= 11 is 0. The van der Waals surface area contributed by atoms with Crippen LogP contribution in [-0.2, 0) is 10.8 Å². The first-order valence-corrected chi connectivity index (χ1v) is 6.96. The second-order valence-corrected chi connectivity index (χ2v) is 5.59. The molecule has 2 atom stereocenters. The van der Waals surface area contributed by atoms with Gasteiger partial charge in [-0.3, -0.25) is 4.21 Å². The molecule has 4 nitrogen and oxygen atoms in total. The van der Waals surface area contributed by atoms with E-state index in [1.165, 1.54) is 6.42 Å². The Morgan fingerprint density at radius 2 is 2.50 bits per heavy atom. The minimum atomic E-state index is -1.05. The lowest BCUT2D eigenvalue weighted by Gasteiger charge is -2.21. The Hall–Kier alpha value is -0.810. The fraction of sp³-hybridized carbons (Fsp3) is 0.636. The van der Waals surface area contributed by atoms with E-state index in [-0.39, 0.29) is 0 Å². The van der Waals surface area contributed by atoms with Crippen LogP contribution in [0, 0.1) is 12.8 Å². The monoisotopic (exact) mass is 239 g/mol. The zero-order valence-corrected chi connectivity index (χ0v) is 10.3. The van der Waals surface area contributed by atoms with Crippen LogP contribution >= 0.6 is 0 Å². The second-order valence-electron chi connectivity index (χ2n) is 4.21. The average molecular weight is 239 g/mol. The van der Waals surface area contributed by atoms with Crippen LogP contribution in [0.1, 0.15) is 18.5 Å². The largest absolute Gasteiger partial charge is 0.316 e. The first kappa shape index (κ1) is 11.7. The molecule has 0 saturated carbocycles. The Labute approximate surface area is 98.3 Å². The van der Waals surface area contributed by atoms with E-state index in [9.17, 15) is 4.21 Å². The molecule has 0 aromatic carbocycles. The SMILES string of the molecule is Cc1ccnc(S(=O)CC2CCCNC2)n1. The molecule has 88 valence electrons. The van der Waals surface area contributed by atoms with Gasteiger partial charge in [-0.05, 0) is 44.8 Å². The fourth-order valence-electron chi connectivity index (χ4n) is 1.89. The number of aryl methyl sites for hydroxylation is 1. The standard InChI is InChI=1S/C11H17N3OS/c1-9-4-6-13-11(14-9)16(15)8-10-3-2-5-12-7-10/h4,6,10,12H,2-3,5,7-8H2,1H3. The topological polar surface area (TPSA) is 54.9 Å². The summed E-state index contributed by atoms with van der Waals surface area (Å²) in [5.74, 6) is 1.18. The number of piperidine rings is 1. The number of hydrogen-bond acceptors (Lipinski definition) is 4. The van der Waals surface area contributed by atoms with Gasteiger partial charge < -0.3 is 5.32 Å². The van der Waals surface area contributed by atoms with Crippen LogP contribution in [0.25, 0.3) is 0 Å². The van der Waals surface area contributed by atoms with Crippen molar-refractivity contribution in [1.82, 2.24) is 15.3 Å². The molecule has 0 aliphatic carbocycles. The molecule has 1 N–H and O–H groups in total. The van der Waals surface area contributed by atoms with Crippen LogP contribution in [-0.4, -0.2) is 33.0 Å². The van der Waals surface area contributed by atoms with Crippen molar-refractivity contribution in [2.24, 2.45) is 5.92 Å². The van der Waals surface area contributed by atoms with E-state index in [1.807, 2.05) is 13.0 Å². The molecule has 1 fully saturated rings. The third-order valence-corrected chi connectivity index (χ3v) is 4.14. The molecule has 1 aromatic heterocycles. The number of nitrogens with one attached hydrogen (secondary N) is 1. The molecular weight excluding hydrogens is 222 g/mol. The Balaban J connectivity index is 1.97. The van der Waals surface area contributed by atoms with Crippen molar-refractivity contribution in [3.8, 4) is 0 Å². The molecule has 2 rings (SSSR count). The molecule has 1 aromatic rings. The van der Waals surface area contributed by atoms with Crippen molar-refractivity contribution in [3.05, 3.63) is 18.0 Å². The third kappa shape index (κ3) is 3.09. The van der Waals surface area contributed by atoms with Crippen LogP contribution in [0.3, 0.4) is 0 Å². The third-order valence-electron chi connectivity index (χ3n) is 2.76. The maximum Gasteiger partial charge on any atom is 0.218 e. The van der Waals surface area contributed by atoms with Gasteiger partial charge in [0.25, 0.3) is 0 Å². The van der Waals surface area contributed by atoms with E-state index >= 15 is 0 Å². The first-order chi connectivity index (χ1) is 7.75. The molecule has 0 radical (unpaired) electrons. The molecule has 2 unspecified atom stereocenters. The van der Waals surface area contributed by atoms with Crippen molar-refractivity contribution in [2.75, 3.05) is 18.8 Å². The Morgan fingerprint density at radius 3 is 3.19 bits per heavy atom. The van der Waals surface area contributed by atoms with Gasteiger partial charge in [-0.25, -0.2) is 9.97 Å². The highest BCUT2D eigenvalue weighted by molar-refractivity contribution is 7.84. The van der Waals surface area contributed by atoms with Crippen LogP contribution < -0.4 is 5.32 Å². The summed E-state index contributed by atoms with van der Waals surface area (Å²) < 4.78 is 12.0. The van der Waals surface area contributed by atoms with Crippen LogP contribution in [0.4, 0.5) is 0 Å². The number of nitrogens with zero attached hydrogens (tertiary/aromatic N) is 2. The Kier molecular flexibility index (Phi) is 4.01. The van der Waals surface area contributed by atoms with Crippen molar-refractivity contribution >= 4 is 10.8 Å². The minimum absolute atomic E-state index is 0.477. The van der Waals surface area contributed by atoms with Crippen molar-refractivity contribution in [1.29, 1.82) is 0 Å². The molecule has 16 heavy (non-hydrogen) atoms. The number of rotatable bonds is 3. The lowest BCUT2D eigenvalue weighted by atomic mass is 10.0. The predicted molar refractivity (Wildman–Crippen MR) is 63.6 cm³/mol. The van der Waals surface area contributed by atoms with Gasteiger partial charge in [0.1, 0.15) is 0 Å². The molecule has 5 heteroatoms. The summed E-state index contributed by atoms with van der Waals surface area (Å²) in [5.41, 5.74) is 0.875. The van der Waals surface area contributed by atoms with Crippen LogP contribution in [0.15, 0.2) is 17.4 Å². The highest BCUT2D eigenvalue weighted by Gasteiger charge is 2.18. The zero-order valence-electron chi connectivity index (χ0n) is 9.48. The summed E-state index contributed by atoms with van der Waals surface area (Å²) in [6.07, 6.45) is 4.01. The number of aromatic nitrogens is 2. The van der Waals surface area contributed by atoms with Gasteiger partial charge in [-0.15, -0.1) is 0 Å². The normalized spacial score (nSPS) is 22.9. The zero-order chi connectivity index (χ0) is 11.4. The molecule has 1 aliphatic heterocycles. The quantitative estimate of drug-likeness (QED) is 0.796. The Morgan fingerprint density at radius 1 is 1.62 bits per heavy atom. The maximum atomic E-state index is 12.0. The van der Waals surface area contributed by atoms with Gasteiger partial charge in [0, 0.05) is 17.6 Å². The molecule has 2 heterocycles. The minimum Gasteiger partial charge on any atom is -0.316 e. The average Bonchev–Trinajstić information content (AvgIpc) is 2.30. The molecule has 0 bridgehead atoms. The molecule has 0 spiro atoms. The smallest absolute Gasteiger partial charge is 0.218 e. The van der Waals surface area contributed by atoms with Crippen molar-refractivity contribution in [2.45, 2.75) is 24.9 Å². The van der Waals surface area contributed by atoms with Crippen LogP contribution in [0.5, 0.6) is 0 Å². The van der Waals surface area contributed by atoms with E-state index in [2.05, 4.69) is 15.3 Å². The Bertz CT molecular complexity index is 377. The summed E-state index contributed by atoms with van der Waals surface area (Å²) in [6.45, 7) is 3.95. The van der Waals surface area contributed by atoms with Crippen molar-refractivity contribution < 1.29 is 4.21 Å². The lowest BCUT2D eigenvalue weighted by molar-refractivity contribution is 0.407. The molecule has 1 aliphatic rings. The van der Waals surface area contributed by atoms with Gasteiger partial charge in [0.05, 0.1) is 10.8 Å². The second kappa shape index (κ2) is 5.50. The van der Waals surface area contributed by atoms with Gasteiger partial charge in [0.2, 0.25) is 5.16 Å². The number of hydrogen-bond donors (Lipinski definition) is 1. The highest BCUT2D eigenvalue weighted by atomic mass is 32.2. The lowest BCUT2D eigenvalue weighted by Crippen LogP contribution is -2.32. The van der Waals surface area contributed by atoms with Crippen LogP contribution in [0.2, 0.25) is 0 Å². The molecular formula is C11H17N3OS. The summed E-state index contributed by atoms with van der Waals surface area (Å²) in [7, 11) is -1.05. The van der Waals surface area contributed by atoms with Gasteiger partial charge >= 0.3 is 0 Å². The van der Waals surface area contributed by atoms with Crippen molar-refractivity contribution in [3.63, 3.8) is 0 Å². The van der Waals surface area contributed by atoms with Gasteiger partial charge in [-0.2, -0.15) is 0 Å².